The molecule has 3 aromatic rings. The number of benzene rings is 2. The highest BCUT2D eigenvalue weighted by atomic mass is 32.1. The number of aromatic nitrogens is 1. The first-order chi connectivity index (χ1) is 13.6. The van der Waals surface area contributed by atoms with Crippen molar-refractivity contribution in [2.45, 2.75) is 26.1 Å². The number of anilines is 2. The fraction of sp³-hybridized carbons (Fsp3) is 0.238. The number of carbonyl (C=O) groups excluding carboxylic acids is 1. The van der Waals surface area contributed by atoms with E-state index < -0.39 is 11.7 Å². The van der Waals surface area contributed by atoms with Crippen LogP contribution in [0.4, 0.5) is 24.0 Å². The Kier molecular flexibility index (Phi) is 5.93. The monoisotopic (exact) mass is 419 g/mol. The molecule has 0 bridgehead atoms. The fourth-order valence-corrected chi connectivity index (χ4v) is 3.60. The number of nitrogens with zero attached hydrogens (tertiary/aromatic N) is 2. The molecule has 152 valence electrons. The van der Waals surface area contributed by atoms with E-state index in [0.717, 1.165) is 27.5 Å². The van der Waals surface area contributed by atoms with Crippen molar-refractivity contribution in [3.8, 4) is 0 Å². The van der Waals surface area contributed by atoms with Crippen molar-refractivity contribution in [2.24, 2.45) is 0 Å². The molecule has 1 N–H and O–H groups in total. The molecule has 0 aliphatic heterocycles. The zero-order valence-electron chi connectivity index (χ0n) is 16.1. The Morgan fingerprint density at radius 3 is 2.48 bits per heavy atom. The second-order valence-electron chi connectivity index (χ2n) is 6.83. The van der Waals surface area contributed by atoms with Crippen LogP contribution >= 0.6 is 11.3 Å². The molecule has 2 aromatic carbocycles. The summed E-state index contributed by atoms with van der Waals surface area (Å²) in [6.45, 7) is 4.17. The summed E-state index contributed by atoms with van der Waals surface area (Å²) in [4.78, 5) is 18.8. The van der Waals surface area contributed by atoms with Gasteiger partial charge in [0.2, 0.25) is 5.91 Å². The molecule has 0 aliphatic rings. The van der Waals surface area contributed by atoms with Gasteiger partial charge in [-0.25, -0.2) is 4.98 Å². The van der Waals surface area contributed by atoms with Gasteiger partial charge >= 0.3 is 6.18 Å². The molecule has 3 rings (SSSR count). The zero-order valence-corrected chi connectivity index (χ0v) is 16.9. The van der Waals surface area contributed by atoms with Crippen LogP contribution in [0.1, 0.15) is 25.0 Å². The van der Waals surface area contributed by atoms with E-state index in [-0.39, 0.29) is 5.91 Å². The van der Waals surface area contributed by atoms with Gasteiger partial charge in [-0.15, -0.1) is 0 Å². The first-order valence-corrected chi connectivity index (χ1v) is 9.75. The molecule has 0 fully saturated rings. The number of halogens is 3. The first kappa shape index (κ1) is 20.9. The Morgan fingerprint density at radius 1 is 1.17 bits per heavy atom. The van der Waals surface area contributed by atoms with Crippen molar-refractivity contribution < 1.29 is 18.0 Å². The first-order valence-electron chi connectivity index (χ1n) is 8.93. The third kappa shape index (κ3) is 5.14. The molecule has 29 heavy (non-hydrogen) atoms. The third-order valence-electron chi connectivity index (χ3n) is 4.39. The van der Waals surface area contributed by atoms with Crippen LogP contribution in [-0.4, -0.2) is 24.0 Å². The highest BCUT2D eigenvalue weighted by Gasteiger charge is 2.29. The second kappa shape index (κ2) is 8.24. The molecule has 0 atom stereocenters. The van der Waals surface area contributed by atoms with Gasteiger partial charge < -0.3 is 10.2 Å². The molecule has 1 aromatic heterocycles. The summed E-state index contributed by atoms with van der Waals surface area (Å²) in [7, 11) is 1.98. The third-order valence-corrected chi connectivity index (χ3v) is 5.49. The molecule has 0 spiro atoms. The number of amides is 1. The average molecular weight is 419 g/mol. The highest BCUT2D eigenvalue weighted by Crippen LogP contribution is 2.31. The minimum Gasteiger partial charge on any atom is -0.349 e. The minimum atomic E-state index is -4.38. The SMILES string of the molecule is CC(C)N(C)c1nc2ccc(NC(=O)/C=C\c3ccc(C(F)(F)F)cc3)cc2s1. The van der Waals surface area contributed by atoms with Crippen LogP contribution in [0.3, 0.4) is 0 Å². The van der Waals surface area contributed by atoms with Gasteiger partial charge in [0.15, 0.2) is 5.13 Å². The van der Waals surface area contributed by atoms with Gasteiger partial charge in [0.05, 0.1) is 15.8 Å². The lowest BCUT2D eigenvalue weighted by molar-refractivity contribution is -0.137. The number of alkyl halides is 3. The van der Waals surface area contributed by atoms with E-state index in [0.29, 0.717) is 17.3 Å². The van der Waals surface area contributed by atoms with Crippen LogP contribution in [-0.2, 0) is 11.0 Å². The normalized spacial score (nSPS) is 12.1. The number of thiazole rings is 1. The smallest absolute Gasteiger partial charge is 0.349 e. The maximum absolute atomic E-state index is 12.6. The number of nitrogens with one attached hydrogen (secondary N) is 1. The van der Waals surface area contributed by atoms with Gasteiger partial charge in [-0.1, -0.05) is 23.5 Å². The number of hydrogen-bond donors (Lipinski definition) is 1. The fourth-order valence-electron chi connectivity index (χ4n) is 2.50. The molecular weight excluding hydrogens is 399 g/mol. The lowest BCUT2D eigenvalue weighted by Gasteiger charge is -2.19. The topological polar surface area (TPSA) is 45.2 Å². The van der Waals surface area contributed by atoms with Crippen molar-refractivity contribution in [3.05, 3.63) is 59.7 Å². The molecule has 1 amide bonds. The molecule has 4 nitrogen and oxygen atoms in total. The molecule has 0 radical (unpaired) electrons. The Morgan fingerprint density at radius 2 is 1.86 bits per heavy atom. The van der Waals surface area contributed by atoms with E-state index in [1.807, 2.05) is 19.2 Å². The van der Waals surface area contributed by atoms with Gasteiger partial charge in [-0.05, 0) is 55.8 Å². The van der Waals surface area contributed by atoms with Crippen molar-refractivity contribution in [2.75, 3.05) is 17.3 Å². The Labute approximate surface area is 170 Å². The summed E-state index contributed by atoms with van der Waals surface area (Å²) in [5, 5.41) is 3.66. The molecule has 0 unspecified atom stereocenters. The standard InChI is InChI=1S/C21H20F3N3OS/c1-13(2)27(3)20-26-17-10-9-16(12-18(17)29-20)25-19(28)11-6-14-4-7-15(8-5-14)21(22,23)24/h4-13H,1-3H3,(H,25,28)/b11-6-. The largest absolute Gasteiger partial charge is 0.416 e. The number of carbonyl (C=O) groups is 1. The number of fused-ring (bicyclic) bond motifs is 1. The van der Waals surface area contributed by atoms with Gasteiger partial charge in [-0.3, -0.25) is 4.79 Å². The van der Waals surface area contributed by atoms with Crippen molar-refractivity contribution in [1.29, 1.82) is 0 Å². The van der Waals surface area contributed by atoms with Crippen LogP contribution < -0.4 is 10.2 Å². The average Bonchev–Trinajstić information content (AvgIpc) is 3.08. The Hall–Kier alpha value is -2.87. The summed E-state index contributed by atoms with van der Waals surface area (Å²) in [6, 6.07) is 10.4. The van der Waals surface area contributed by atoms with Crippen molar-refractivity contribution in [1.82, 2.24) is 4.98 Å². The molecule has 0 aliphatic carbocycles. The Bertz CT molecular complexity index is 1040. The quantitative estimate of drug-likeness (QED) is 0.531. The number of rotatable bonds is 5. The molecular formula is C21H20F3N3OS. The summed E-state index contributed by atoms with van der Waals surface area (Å²) in [5.74, 6) is -0.367. The summed E-state index contributed by atoms with van der Waals surface area (Å²) >= 11 is 1.54. The van der Waals surface area contributed by atoms with Crippen LogP contribution in [0.25, 0.3) is 16.3 Å². The van der Waals surface area contributed by atoms with E-state index in [4.69, 9.17) is 0 Å². The molecule has 0 saturated heterocycles. The molecule has 1 heterocycles. The minimum absolute atomic E-state index is 0.324. The van der Waals surface area contributed by atoms with E-state index in [9.17, 15) is 18.0 Å². The van der Waals surface area contributed by atoms with E-state index >= 15 is 0 Å². The lowest BCUT2D eigenvalue weighted by Crippen LogP contribution is -2.25. The van der Waals surface area contributed by atoms with Crippen molar-refractivity contribution >= 4 is 44.4 Å². The van der Waals surface area contributed by atoms with E-state index in [1.165, 1.54) is 24.3 Å². The van der Waals surface area contributed by atoms with E-state index in [2.05, 4.69) is 29.0 Å². The van der Waals surface area contributed by atoms with Gasteiger partial charge in [0.1, 0.15) is 0 Å². The zero-order chi connectivity index (χ0) is 21.2. The van der Waals surface area contributed by atoms with Crippen LogP contribution in [0, 0.1) is 0 Å². The lowest BCUT2D eigenvalue weighted by atomic mass is 10.1. The predicted octanol–water partition coefficient (Wildman–Crippen LogP) is 5.81. The summed E-state index contributed by atoms with van der Waals surface area (Å²) in [5.41, 5.74) is 1.27. The van der Waals surface area contributed by atoms with Crippen LogP contribution in [0.15, 0.2) is 48.5 Å². The van der Waals surface area contributed by atoms with Gasteiger partial charge in [0, 0.05) is 24.9 Å². The molecule has 8 heteroatoms. The van der Waals surface area contributed by atoms with Gasteiger partial charge in [0.25, 0.3) is 0 Å². The maximum atomic E-state index is 12.6. The predicted molar refractivity (Wildman–Crippen MR) is 112 cm³/mol. The second-order valence-corrected chi connectivity index (χ2v) is 7.84. The van der Waals surface area contributed by atoms with E-state index in [1.54, 1.807) is 17.4 Å². The molecule has 0 saturated carbocycles. The maximum Gasteiger partial charge on any atom is 0.416 e. The number of hydrogen-bond acceptors (Lipinski definition) is 4. The summed E-state index contributed by atoms with van der Waals surface area (Å²) in [6.07, 6.45) is -1.62. The van der Waals surface area contributed by atoms with Crippen molar-refractivity contribution in [3.63, 3.8) is 0 Å². The van der Waals surface area contributed by atoms with Gasteiger partial charge in [-0.2, -0.15) is 13.2 Å². The van der Waals surface area contributed by atoms with Crippen LogP contribution in [0.5, 0.6) is 0 Å². The Balaban J connectivity index is 1.68. The van der Waals surface area contributed by atoms with Crippen LogP contribution in [0.2, 0.25) is 0 Å². The summed E-state index contributed by atoms with van der Waals surface area (Å²) < 4.78 is 38.7. The highest BCUT2D eigenvalue weighted by molar-refractivity contribution is 7.22.